The summed E-state index contributed by atoms with van der Waals surface area (Å²) in [5.74, 6) is -0.578. The monoisotopic (exact) mass is 365 g/mol. The minimum Gasteiger partial charge on any atom is -0.465 e. The Morgan fingerprint density at radius 1 is 1.44 bits per heavy atom. The summed E-state index contributed by atoms with van der Waals surface area (Å²) in [4.78, 5) is 24.4. The lowest BCUT2D eigenvalue weighted by molar-refractivity contribution is 0.0600. The summed E-state index contributed by atoms with van der Waals surface area (Å²) in [6.45, 7) is 2.23. The van der Waals surface area contributed by atoms with Crippen molar-refractivity contribution in [2.45, 2.75) is 25.9 Å². The molecular formula is C17H20ClN3O4. The number of para-hydroxylation sites is 1. The highest BCUT2D eigenvalue weighted by Gasteiger charge is 2.17. The molecule has 2 aromatic rings. The first kappa shape index (κ1) is 19.0. The highest BCUT2D eigenvalue weighted by Crippen LogP contribution is 2.19. The maximum absolute atomic E-state index is 12.5. The van der Waals surface area contributed by atoms with E-state index in [4.69, 9.17) is 16.3 Å². The van der Waals surface area contributed by atoms with Gasteiger partial charge in [-0.2, -0.15) is 9.78 Å². The van der Waals surface area contributed by atoms with Crippen molar-refractivity contribution in [1.82, 2.24) is 9.78 Å². The van der Waals surface area contributed by atoms with E-state index < -0.39 is 17.6 Å². The second-order valence-electron chi connectivity index (χ2n) is 5.42. The second kappa shape index (κ2) is 8.64. The number of aliphatic hydroxyl groups excluding tert-OH is 1. The lowest BCUT2D eigenvalue weighted by Crippen LogP contribution is -2.26. The molecule has 0 aliphatic heterocycles. The number of carbonyl (C=O) groups is 1. The smallest absolute Gasteiger partial charge is 0.340 e. The maximum Gasteiger partial charge on any atom is 0.340 e. The summed E-state index contributed by atoms with van der Waals surface area (Å²) in [6.07, 6.45) is 2.34. The molecule has 0 radical (unpaired) electrons. The molecule has 0 amide bonds. The van der Waals surface area contributed by atoms with E-state index in [1.165, 1.54) is 19.4 Å². The Labute approximate surface area is 150 Å². The fraction of sp³-hybridized carbons (Fsp3) is 0.353. The van der Waals surface area contributed by atoms with Gasteiger partial charge < -0.3 is 15.2 Å². The number of anilines is 1. The van der Waals surface area contributed by atoms with E-state index >= 15 is 0 Å². The number of aromatic nitrogens is 2. The number of aliphatic hydroxyl groups is 1. The van der Waals surface area contributed by atoms with Crippen molar-refractivity contribution >= 4 is 23.3 Å². The topological polar surface area (TPSA) is 93.5 Å². The second-order valence-corrected chi connectivity index (χ2v) is 5.80. The largest absolute Gasteiger partial charge is 0.465 e. The van der Waals surface area contributed by atoms with Gasteiger partial charge in [0.2, 0.25) is 0 Å². The van der Waals surface area contributed by atoms with Gasteiger partial charge in [0.05, 0.1) is 36.3 Å². The van der Waals surface area contributed by atoms with Crippen LogP contribution in [-0.4, -0.2) is 40.6 Å². The van der Waals surface area contributed by atoms with Gasteiger partial charge in [0.1, 0.15) is 5.02 Å². The standard InChI is InChI=1S/C17H20ClN3O4/c1-3-6-11(22)9-19-13-10-20-21(16(23)15(13)18)14-8-5-4-7-12(14)17(24)25-2/h4-5,7-8,10-11,19,22H,3,6,9H2,1-2H3. The number of nitrogens with one attached hydrogen (secondary N) is 1. The van der Waals surface area contributed by atoms with Crippen molar-refractivity contribution in [1.29, 1.82) is 0 Å². The van der Waals surface area contributed by atoms with Crippen molar-refractivity contribution in [2.24, 2.45) is 0 Å². The van der Waals surface area contributed by atoms with Crippen molar-refractivity contribution in [3.63, 3.8) is 0 Å². The summed E-state index contributed by atoms with van der Waals surface area (Å²) < 4.78 is 5.77. The van der Waals surface area contributed by atoms with Crippen LogP contribution in [0.2, 0.25) is 5.02 Å². The number of hydrogen-bond acceptors (Lipinski definition) is 6. The first-order valence-corrected chi connectivity index (χ1v) is 8.24. The predicted octanol–water partition coefficient (Wildman–Crippen LogP) is 2.25. The number of nitrogens with zero attached hydrogens (tertiary/aromatic N) is 2. The van der Waals surface area contributed by atoms with Crippen LogP contribution >= 0.6 is 11.6 Å². The molecule has 1 heterocycles. The van der Waals surface area contributed by atoms with Crippen LogP contribution in [0.15, 0.2) is 35.3 Å². The highest BCUT2D eigenvalue weighted by atomic mass is 35.5. The van der Waals surface area contributed by atoms with E-state index in [0.717, 1.165) is 11.1 Å². The van der Waals surface area contributed by atoms with Gasteiger partial charge in [-0.05, 0) is 18.6 Å². The van der Waals surface area contributed by atoms with Crippen LogP contribution in [0.3, 0.4) is 0 Å². The summed E-state index contributed by atoms with van der Waals surface area (Å²) in [7, 11) is 1.26. The average molecular weight is 366 g/mol. The zero-order chi connectivity index (χ0) is 18.4. The van der Waals surface area contributed by atoms with Gasteiger partial charge in [0, 0.05) is 6.54 Å². The van der Waals surface area contributed by atoms with E-state index in [9.17, 15) is 14.7 Å². The zero-order valence-corrected chi connectivity index (χ0v) is 14.8. The number of rotatable bonds is 7. The SMILES string of the molecule is CCCC(O)CNc1cnn(-c2ccccc2C(=O)OC)c(=O)c1Cl. The number of benzene rings is 1. The van der Waals surface area contributed by atoms with Crippen LogP contribution in [0.4, 0.5) is 5.69 Å². The molecule has 0 aliphatic rings. The molecule has 7 nitrogen and oxygen atoms in total. The molecular weight excluding hydrogens is 346 g/mol. The zero-order valence-electron chi connectivity index (χ0n) is 14.0. The van der Waals surface area contributed by atoms with Gasteiger partial charge in [0.25, 0.3) is 5.56 Å². The van der Waals surface area contributed by atoms with E-state index in [2.05, 4.69) is 10.4 Å². The Bertz CT molecular complexity index is 807. The van der Waals surface area contributed by atoms with Crippen LogP contribution in [0.25, 0.3) is 5.69 Å². The highest BCUT2D eigenvalue weighted by molar-refractivity contribution is 6.32. The maximum atomic E-state index is 12.5. The molecule has 25 heavy (non-hydrogen) atoms. The molecule has 8 heteroatoms. The fourth-order valence-corrected chi connectivity index (χ4v) is 2.53. The number of hydrogen-bond donors (Lipinski definition) is 2. The number of ether oxygens (including phenoxy) is 1. The van der Waals surface area contributed by atoms with Crippen LogP contribution in [0, 0.1) is 0 Å². The molecule has 1 atom stereocenters. The first-order valence-electron chi connectivity index (χ1n) is 7.87. The number of methoxy groups -OCH3 is 1. The van der Waals surface area contributed by atoms with Crippen molar-refractivity contribution in [2.75, 3.05) is 19.0 Å². The first-order chi connectivity index (χ1) is 12.0. The van der Waals surface area contributed by atoms with Crippen molar-refractivity contribution in [3.05, 3.63) is 51.4 Å². The minimum atomic E-state index is -0.578. The molecule has 0 fully saturated rings. The van der Waals surface area contributed by atoms with Crippen LogP contribution in [0.1, 0.15) is 30.1 Å². The minimum absolute atomic E-state index is 0.0710. The molecule has 1 aromatic heterocycles. The summed E-state index contributed by atoms with van der Waals surface area (Å²) in [5.41, 5.74) is 0.232. The van der Waals surface area contributed by atoms with E-state index in [1.807, 2.05) is 6.92 Å². The third kappa shape index (κ3) is 4.37. The molecule has 2 rings (SSSR count). The molecule has 1 aromatic carbocycles. The van der Waals surface area contributed by atoms with Gasteiger partial charge >= 0.3 is 5.97 Å². The van der Waals surface area contributed by atoms with E-state index in [0.29, 0.717) is 12.1 Å². The number of carbonyl (C=O) groups excluding carboxylic acids is 1. The summed E-state index contributed by atoms with van der Waals surface area (Å²) in [5, 5.41) is 16.7. The molecule has 1 unspecified atom stereocenters. The molecule has 0 spiro atoms. The van der Waals surface area contributed by atoms with Crippen LogP contribution in [0.5, 0.6) is 0 Å². The normalized spacial score (nSPS) is 11.8. The van der Waals surface area contributed by atoms with Crippen molar-refractivity contribution < 1.29 is 14.6 Å². The Kier molecular flexibility index (Phi) is 6.55. The molecule has 0 saturated heterocycles. The van der Waals surface area contributed by atoms with Gasteiger partial charge in [0.15, 0.2) is 0 Å². The van der Waals surface area contributed by atoms with Gasteiger partial charge in [-0.15, -0.1) is 0 Å². The number of halogens is 1. The Morgan fingerprint density at radius 3 is 2.84 bits per heavy atom. The third-order valence-corrected chi connectivity index (χ3v) is 3.97. The van der Waals surface area contributed by atoms with Gasteiger partial charge in [-0.1, -0.05) is 37.1 Å². The fourth-order valence-electron chi connectivity index (χ4n) is 2.33. The molecule has 2 N–H and O–H groups in total. The molecule has 0 bridgehead atoms. The quantitative estimate of drug-likeness (QED) is 0.731. The van der Waals surface area contributed by atoms with Crippen LogP contribution in [-0.2, 0) is 4.74 Å². The van der Waals surface area contributed by atoms with Gasteiger partial charge in [-0.25, -0.2) is 4.79 Å². The summed E-state index contributed by atoms with van der Waals surface area (Å²) >= 11 is 6.14. The Morgan fingerprint density at radius 2 is 2.16 bits per heavy atom. The van der Waals surface area contributed by atoms with Gasteiger partial charge in [-0.3, -0.25) is 4.79 Å². The van der Waals surface area contributed by atoms with Crippen molar-refractivity contribution in [3.8, 4) is 5.69 Å². The van der Waals surface area contributed by atoms with E-state index in [1.54, 1.807) is 18.2 Å². The van der Waals surface area contributed by atoms with Crippen LogP contribution < -0.4 is 10.9 Å². The predicted molar refractivity (Wildman–Crippen MR) is 95.6 cm³/mol. The average Bonchev–Trinajstić information content (AvgIpc) is 2.62. The lowest BCUT2D eigenvalue weighted by atomic mass is 10.2. The molecule has 134 valence electrons. The molecule has 0 aliphatic carbocycles. The number of esters is 1. The van der Waals surface area contributed by atoms with E-state index in [-0.39, 0.29) is 22.8 Å². The molecule has 0 saturated carbocycles. The lowest BCUT2D eigenvalue weighted by Gasteiger charge is -2.14. The summed E-state index contributed by atoms with van der Waals surface area (Å²) in [6, 6.07) is 6.45. The third-order valence-electron chi connectivity index (χ3n) is 3.61. The Balaban J connectivity index is 2.36. The Hall–Kier alpha value is -2.38.